The summed E-state index contributed by atoms with van der Waals surface area (Å²) in [5, 5.41) is 2.98. The van der Waals surface area contributed by atoms with E-state index in [-0.39, 0.29) is 47.1 Å². The van der Waals surface area contributed by atoms with E-state index in [2.05, 4.69) is 9.44 Å². The van der Waals surface area contributed by atoms with Crippen LogP contribution in [0.1, 0.15) is 37.1 Å². The summed E-state index contributed by atoms with van der Waals surface area (Å²) < 4.78 is 99.6. The molecule has 6 atom stereocenters. The number of sulfonamides is 2. The minimum atomic E-state index is -4.52. The molecule has 4 aliphatic rings. The molecule has 2 N–H and O–H groups in total. The number of hydrogen-bond donors (Lipinski definition) is 2. The lowest BCUT2D eigenvalue weighted by molar-refractivity contribution is -0.152. The fourth-order valence-electron chi connectivity index (χ4n) is 8.94. The first kappa shape index (κ1) is 40.8. The van der Waals surface area contributed by atoms with Crippen LogP contribution in [0.5, 0.6) is 11.5 Å². The molecule has 4 amide bonds. The van der Waals surface area contributed by atoms with Crippen molar-refractivity contribution >= 4 is 55.1 Å². The Morgan fingerprint density at radius 3 is 1.27 bits per heavy atom. The number of fused-ring (bicyclic) bond motifs is 5. The molecule has 4 saturated heterocycles. The Kier molecular flexibility index (Phi) is 10.2. The second-order valence-corrected chi connectivity index (χ2v) is 17.8. The molecule has 4 fully saturated rings. The third-order valence-electron chi connectivity index (χ3n) is 11.3. The summed E-state index contributed by atoms with van der Waals surface area (Å²) in [6.45, 7) is 3.16. The second-order valence-electron chi connectivity index (χ2n) is 14.5. The van der Waals surface area contributed by atoms with Gasteiger partial charge >= 0.3 is 0 Å². The Labute approximate surface area is 343 Å². The number of halogens is 2. The fourth-order valence-corrected chi connectivity index (χ4v) is 11.4. The highest BCUT2D eigenvalue weighted by atomic mass is 32.2. The SMILES string of the molecule is CCN1C(=O)C2C(C1=O)N1C(c3ccc(OC)c(S(=O)(=O)Nc4cccc(F)c4)c3)C3C(=O)N(CC)C(=O)C3N1C2c1ccc(OC)c(S(=O)(=O)Nc2cccc(F)c2)c1. The number of nitrogens with one attached hydrogen (secondary N) is 2. The largest absolute Gasteiger partial charge is 0.495 e. The molecule has 8 rings (SSSR count). The average Bonchev–Trinajstić information content (AvgIpc) is 3.87. The molecule has 60 heavy (non-hydrogen) atoms. The molecule has 16 nitrogen and oxygen atoms in total. The van der Waals surface area contributed by atoms with Gasteiger partial charge in [-0.15, -0.1) is 0 Å². The van der Waals surface area contributed by atoms with Gasteiger partial charge in [0, 0.05) is 13.1 Å². The zero-order valence-corrected chi connectivity index (χ0v) is 34.0. The zero-order valence-electron chi connectivity index (χ0n) is 32.4. The van der Waals surface area contributed by atoms with Crippen molar-refractivity contribution in [1.29, 1.82) is 0 Å². The van der Waals surface area contributed by atoms with Crippen LogP contribution in [0.2, 0.25) is 0 Å². The number of carbonyl (C=O) groups is 4. The number of nitrogens with zero attached hydrogens (tertiary/aromatic N) is 4. The van der Waals surface area contributed by atoms with Gasteiger partial charge in [-0.1, -0.05) is 24.3 Å². The van der Waals surface area contributed by atoms with Crippen molar-refractivity contribution < 1.29 is 54.3 Å². The van der Waals surface area contributed by atoms with E-state index in [0.717, 1.165) is 34.1 Å². The van der Waals surface area contributed by atoms with Gasteiger partial charge < -0.3 is 9.47 Å². The number of carbonyl (C=O) groups excluding carboxylic acids is 4. The van der Waals surface area contributed by atoms with Gasteiger partial charge in [-0.3, -0.25) is 38.4 Å². The number of benzene rings is 4. The molecule has 6 unspecified atom stereocenters. The molecule has 4 heterocycles. The summed E-state index contributed by atoms with van der Waals surface area (Å²) >= 11 is 0. The van der Waals surface area contributed by atoms with Crippen molar-refractivity contribution in [2.45, 2.75) is 47.8 Å². The lowest BCUT2D eigenvalue weighted by atomic mass is 9.84. The predicted octanol–water partition coefficient (Wildman–Crippen LogP) is 3.66. The first-order valence-electron chi connectivity index (χ1n) is 18.8. The van der Waals surface area contributed by atoms with Crippen LogP contribution >= 0.6 is 0 Å². The number of rotatable bonds is 12. The Bertz CT molecular complexity index is 2520. The molecule has 4 aromatic rings. The Morgan fingerprint density at radius 2 is 0.933 bits per heavy atom. The first-order chi connectivity index (χ1) is 28.6. The van der Waals surface area contributed by atoms with Gasteiger partial charge in [0.1, 0.15) is 45.0 Å². The second kappa shape index (κ2) is 14.9. The maximum atomic E-state index is 14.4. The summed E-state index contributed by atoms with van der Waals surface area (Å²) in [6.07, 6.45) is 0. The monoisotopic (exact) mass is 864 g/mol. The van der Waals surface area contributed by atoms with Crippen molar-refractivity contribution in [3.05, 3.63) is 108 Å². The van der Waals surface area contributed by atoms with Gasteiger partial charge in [0.2, 0.25) is 23.6 Å². The molecular formula is C40H38F2N6O10S2. The van der Waals surface area contributed by atoms with Gasteiger partial charge in [-0.05, 0) is 85.6 Å². The normalized spacial score (nSPS) is 24.2. The van der Waals surface area contributed by atoms with Gasteiger partial charge in [-0.25, -0.2) is 35.6 Å². The fraction of sp³-hybridized carbons (Fsp3) is 0.300. The number of hydrazine groups is 1. The number of amides is 4. The predicted molar refractivity (Wildman–Crippen MR) is 209 cm³/mol. The van der Waals surface area contributed by atoms with E-state index < -0.39 is 101 Å². The number of anilines is 2. The van der Waals surface area contributed by atoms with Crippen molar-refractivity contribution in [3.63, 3.8) is 0 Å². The van der Waals surface area contributed by atoms with Crippen LogP contribution in [-0.2, 0) is 39.2 Å². The maximum absolute atomic E-state index is 14.4. The maximum Gasteiger partial charge on any atom is 0.265 e. The minimum absolute atomic E-state index is 0.0271. The van der Waals surface area contributed by atoms with Gasteiger partial charge in [-0.2, -0.15) is 0 Å². The lowest BCUT2D eigenvalue weighted by Crippen LogP contribution is -2.50. The van der Waals surface area contributed by atoms with Crippen molar-refractivity contribution in [2.24, 2.45) is 11.8 Å². The van der Waals surface area contributed by atoms with Crippen molar-refractivity contribution in [2.75, 3.05) is 36.8 Å². The minimum Gasteiger partial charge on any atom is -0.495 e. The molecule has 0 radical (unpaired) electrons. The Hall–Kier alpha value is -5.96. The van der Waals surface area contributed by atoms with Gasteiger partial charge in [0.25, 0.3) is 20.0 Å². The first-order valence-corrected chi connectivity index (χ1v) is 21.7. The molecule has 0 spiro atoms. The van der Waals surface area contributed by atoms with Crippen LogP contribution in [-0.4, -0.2) is 99.7 Å². The van der Waals surface area contributed by atoms with Gasteiger partial charge in [0.05, 0.1) is 49.5 Å². The van der Waals surface area contributed by atoms with E-state index in [9.17, 15) is 44.8 Å². The lowest BCUT2D eigenvalue weighted by Gasteiger charge is -2.35. The third kappa shape index (κ3) is 6.36. The standard InChI is InChI=1S/C40H38F2N6O10S2/c1-5-45-37(49)31-33(21-13-15-27(57-3)29(17-21)59(53,54)43-25-11-7-9-23(41)19-25)48-36-32(38(50)46(6-2)40(36)52)34(47(48)35(31)39(45)51)22-14-16-28(58-4)30(18-22)60(55,56)44-26-12-8-10-24(42)20-26/h7-20,31-36,43-44H,5-6H2,1-4H3. The van der Waals surface area contributed by atoms with Crippen LogP contribution in [0.15, 0.2) is 94.7 Å². The summed E-state index contributed by atoms with van der Waals surface area (Å²) in [5.74, 6) is -6.60. The number of likely N-dealkylation sites (tertiary alicyclic amines) is 2. The molecule has 4 aliphatic heterocycles. The van der Waals surface area contributed by atoms with Crippen molar-refractivity contribution in [1.82, 2.24) is 19.8 Å². The van der Waals surface area contributed by atoms with Crippen LogP contribution < -0.4 is 18.9 Å². The molecule has 0 bridgehead atoms. The van der Waals surface area contributed by atoms with E-state index in [0.29, 0.717) is 0 Å². The highest BCUT2D eigenvalue weighted by Gasteiger charge is 2.73. The van der Waals surface area contributed by atoms with Gasteiger partial charge in [0.15, 0.2) is 0 Å². The van der Waals surface area contributed by atoms with E-state index >= 15 is 0 Å². The van der Waals surface area contributed by atoms with Crippen molar-refractivity contribution in [3.8, 4) is 11.5 Å². The number of imide groups is 2. The Morgan fingerprint density at radius 1 is 0.550 bits per heavy atom. The molecular weight excluding hydrogens is 827 g/mol. The summed E-state index contributed by atoms with van der Waals surface area (Å²) in [6, 6.07) is 12.7. The van der Waals surface area contributed by atoms with Crippen LogP contribution in [0.4, 0.5) is 20.2 Å². The summed E-state index contributed by atoms with van der Waals surface area (Å²) in [7, 11) is -6.55. The summed E-state index contributed by atoms with van der Waals surface area (Å²) in [5.41, 5.74) is 0.158. The average molecular weight is 865 g/mol. The summed E-state index contributed by atoms with van der Waals surface area (Å²) in [4.78, 5) is 58.8. The molecule has 4 aromatic carbocycles. The number of ether oxygens (including phenoxy) is 2. The van der Waals surface area contributed by atoms with Crippen LogP contribution in [0.25, 0.3) is 0 Å². The number of methoxy groups -OCH3 is 2. The molecule has 0 aromatic heterocycles. The molecule has 20 heteroatoms. The smallest absolute Gasteiger partial charge is 0.265 e. The molecule has 0 saturated carbocycles. The van der Waals surface area contributed by atoms with E-state index in [1.54, 1.807) is 13.8 Å². The quantitative estimate of drug-likeness (QED) is 0.197. The molecule has 314 valence electrons. The molecule has 0 aliphatic carbocycles. The van der Waals surface area contributed by atoms with E-state index in [1.165, 1.54) is 84.9 Å². The van der Waals surface area contributed by atoms with E-state index in [4.69, 9.17) is 9.47 Å². The Balaban J connectivity index is 1.31. The number of likely N-dealkylation sites (N-methyl/N-ethyl adjacent to an activating group) is 2. The third-order valence-corrected chi connectivity index (χ3v) is 14.1. The highest BCUT2D eigenvalue weighted by molar-refractivity contribution is 7.93. The topological polar surface area (TPSA) is 192 Å². The number of hydrogen-bond acceptors (Lipinski definition) is 12. The zero-order chi connectivity index (χ0) is 43.0. The van der Waals surface area contributed by atoms with Crippen LogP contribution in [0.3, 0.4) is 0 Å². The van der Waals surface area contributed by atoms with E-state index in [1.807, 2.05) is 0 Å². The highest BCUT2D eigenvalue weighted by Crippen LogP contribution is 2.59. The van der Waals surface area contributed by atoms with Crippen LogP contribution in [0, 0.1) is 23.5 Å².